The van der Waals surface area contributed by atoms with Crippen LogP contribution >= 0.6 is 0 Å². The summed E-state index contributed by atoms with van der Waals surface area (Å²) in [7, 11) is 3.63. The Kier molecular flexibility index (Phi) is 5.05. The van der Waals surface area contributed by atoms with Gasteiger partial charge in [0.15, 0.2) is 0 Å². The van der Waals surface area contributed by atoms with Gasteiger partial charge in [-0.05, 0) is 39.2 Å². The first-order valence-electron chi connectivity index (χ1n) is 10.0. The molecule has 0 bridgehead atoms. The van der Waals surface area contributed by atoms with E-state index < -0.39 is 0 Å². The first-order chi connectivity index (χ1) is 13.5. The number of aromatic nitrogens is 4. The summed E-state index contributed by atoms with van der Waals surface area (Å²) in [5.74, 6) is 1.53. The van der Waals surface area contributed by atoms with Crippen LogP contribution in [0.5, 0.6) is 0 Å². The minimum absolute atomic E-state index is 0.236. The Morgan fingerprint density at radius 3 is 2.75 bits per heavy atom. The van der Waals surface area contributed by atoms with Crippen LogP contribution in [0.2, 0.25) is 0 Å². The van der Waals surface area contributed by atoms with Crippen LogP contribution in [0.15, 0.2) is 6.07 Å². The summed E-state index contributed by atoms with van der Waals surface area (Å²) in [6.07, 6.45) is 3.60. The molecule has 8 nitrogen and oxygen atoms in total. The van der Waals surface area contributed by atoms with Crippen molar-refractivity contribution in [3.05, 3.63) is 34.5 Å². The van der Waals surface area contributed by atoms with Crippen LogP contribution in [-0.4, -0.2) is 51.8 Å². The van der Waals surface area contributed by atoms with Crippen molar-refractivity contribution in [1.29, 1.82) is 0 Å². The summed E-state index contributed by atoms with van der Waals surface area (Å²) >= 11 is 0. The predicted molar refractivity (Wildman–Crippen MR) is 108 cm³/mol. The molecule has 1 saturated heterocycles. The van der Waals surface area contributed by atoms with Gasteiger partial charge in [-0.15, -0.1) is 0 Å². The Labute approximate surface area is 165 Å². The largest absolute Gasteiger partial charge is 0.355 e. The second-order valence-corrected chi connectivity index (χ2v) is 7.93. The van der Waals surface area contributed by atoms with Gasteiger partial charge in [-0.25, -0.2) is 9.97 Å². The fourth-order valence-electron chi connectivity index (χ4n) is 3.78. The Hall–Kier alpha value is -2.48. The van der Waals surface area contributed by atoms with E-state index in [9.17, 15) is 4.79 Å². The maximum atomic E-state index is 12.0. The van der Waals surface area contributed by atoms with Crippen LogP contribution in [0.3, 0.4) is 0 Å². The minimum Gasteiger partial charge on any atom is -0.355 e. The molecule has 2 N–H and O–H groups in total. The number of carbonyl (C=O) groups excluding carboxylic acids is 1. The Morgan fingerprint density at radius 2 is 2.04 bits per heavy atom. The Bertz CT molecular complexity index is 887. The van der Waals surface area contributed by atoms with Crippen molar-refractivity contribution in [3.8, 4) is 0 Å². The molecule has 28 heavy (non-hydrogen) atoms. The number of rotatable bonds is 6. The maximum Gasteiger partial charge on any atom is 0.288 e. The summed E-state index contributed by atoms with van der Waals surface area (Å²) < 4.78 is 2.00. The van der Waals surface area contributed by atoms with Gasteiger partial charge >= 0.3 is 0 Å². The molecule has 2 aliphatic rings. The molecule has 0 aromatic carbocycles. The molecule has 0 spiro atoms. The lowest BCUT2D eigenvalue weighted by atomic mass is 10.2. The third-order valence-electron chi connectivity index (χ3n) is 5.84. The third kappa shape index (κ3) is 3.73. The third-order valence-corrected chi connectivity index (χ3v) is 5.84. The number of anilines is 1. The average molecular weight is 384 g/mol. The smallest absolute Gasteiger partial charge is 0.288 e. The standard InChI is InChI=1S/C20H29N7O/c1-12-13(2)23-18(20(28)21-3)24-19(12)27-8-7-15(11-27)22-10-16-9-17(14-5-6-14)25-26(16)4/h9,14-15,22H,5-8,10-11H2,1-4H3,(H,21,28)/t15-/m1/s1. The van der Waals surface area contributed by atoms with E-state index in [2.05, 4.69) is 36.7 Å². The van der Waals surface area contributed by atoms with Crippen LogP contribution in [0, 0.1) is 13.8 Å². The van der Waals surface area contributed by atoms with E-state index in [0.29, 0.717) is 12.0 Å². The summed E-state index contributed by atoms with van der Waals surface area (Å²) in [6, 6.07) is 2.63. The number of hydrogen-bond acceptors (Lipinski definition) is 6. The molecule has 1 aliphatic heterocycles. The highest BCUT2D eigenvalue weighted by Crippen LogP contribution is 2.39. The lowest BCUT2D eigenvalue weighted by Gasteiger charge is -2.21. The van der Waals surface area contributed by atoms with Crippen molar-refractivity contribution in [2.45, 2.75) is 51.6 Å². The number of aryl methyl sites for hydroxylation is 2. The molecular formula is C20H29N7O. The van der Waals surface area contributed by atoms with E-state index >= 15 is 0 Å². The molecule has 3 heterocycles. The lowest BCUT2D eigenvalue weighted by molar-refractivity contribution is 0.0952. The zero-order valence-electron chi connectivity index (χ0n) is 17.1. The molecule has 2 aromatic heterocycles. The minimum atomic E-state index is -0.249. The maximum absolute atomic E-state index is 12.0. The molecule has 8 heteroatoms. The summed E-state index contributed by atoms with van der Waals surface area (Å²) in [6.45, 7) is 6.56. The van der Waals surface area contributed by atoms with Crippen LogP contribution in [0.25, 0.3) is 0 Å². The highest BCUT2D eigenvalue weighted by molar-refractivity contribution is 5.90. The number of amides is 1. The van der Waals surface area contributed by atoms with Crippen molar-refractivity contribution in [2.24, 2.45) is 7.05 Å². The quantitative estimate of drug-likeness (QED) is 0.785. The normalized spacial score (nSPS) is 19.3. The van der Waals surface area contributed by atoms with Crippen molar-refractivity contribution in [3.63, 3.8) is 0 Å². The molecule has 1 saturated carbocycles. The van der Waals surface area contributed by atoms with Gasteiger partial charge in [-0.1, -0.05) is 0 Å². The average Bonchev–Trinajstić information content (AvgIpc) is 3.32. The summed E-state index contributed by atoms with van der Waals surface area (Å²) in [5, 5.41) is 10.9. The van der Waals surface area contributed by atoms with E-state index in [1.165, 1.54) is 24.2 Å². The first kappa shape index (κ1) is 18.9. The molecule has 0 radical (unpaired) electrons. The van der Waals surface area contributed by atoms with Gasteiger partial charge in [0.1, 0.15) is 5.82 Å². The predicted octanol–water partition coefficient (Wildman–Crippen LogP) is 1.43. The molecule has 0 unspecified atom stereocenters. The number of nitrogens with one attached hydrogen (secondary N) is 2. The summed E-state index contributed by atoms with van der Waals surface area (Å²) in [5.41, 5.74) is 4.36. The SMILES string of the molecule is CNC(=O)c1nc(C)c(C)c(N2CC[C@@H](NCc3cc(C4CC4)nn3C)C2)n1. The fraction of sp³-hybridized carbons (Fsp3) is 0.600. The van der Waals surface area contributed by atoms with Gasteiger partial charge < -0.3 is 15.5 Å². The van der Waals surface area contributed by atoms with Crippen LogP contribution < -0.4 is 15.5 Å². The molecule has 150 valence electrons. The van der Waals surface area contributed by atoms with Crippen LogP contribution in [0.1, 0.15) is 58.4 Å². The van der Waals surface area contributed by atoms with Crippen LogP contribution in [-0.2, 0) is 13.6 Å². The van der Waals surface area contributed by atoms with Crippen molar-refractivity contribution in [1.82, 2.24) is 30.4 Å². The molecule has 1 amide bonds. The highest BCUT2D eigenvalue weighted by atomic mass is 16.2. The molecule has 2 aromatic rings. The number of nitrogens with zero attached hydrogens (tertiary/aromatic N) is 5. The van der Waals surface area contributed by atoms with Gasteiger partial charge in [0.2, 0.25) is 5.82 Å². The van der Waals surface area contributed by atoms with E-state index in [-0.39, 0.29) is 11.7 Å². The zero-order valence-corrected chi connectivity index (χ0v) is 17.1. The highest BCUT2D eigenvalue weighted by Gasteiger charge is 2.28. The van der Waals surface area contributed by atoms with E-state index in [1.54, 1.807) is 7.05 Å². The van der Waals surface area contributed by atoms with E-state index in [1.807, 2.05) is 25.6 Å². The van der Waals surface area contributed by atoms with Gasteiger partial charge in [0, 0.05) is 56.9 Å². The Balaban J connectivity index is 1.41. The van der Waals surface area contributed by atoms with Crippen molar-refractivity contribution >= 4 is 11.7 Å². The fourth-order valence-corrected chi connectivity index (χ4v) is 3.78. The molecule has 2 fully saturated rings. The Morgan fingerprint density at radius 1 is 1.25 bits per heavy atom. The number of carbonyl (C=O) groups is 1. The molecule has 1 aliphatic carbocycles. The van der Waals surface area contributed by atoms with E-state index in [4.69, 9.17) is 0 Å². The summed E-state index contributed by atoms with van der Waals surface area (Å²) in [4.78, 5) is 23.1. The van der Waals surface area contributed by atoms with E-state index in [0.717, 1.165) is 43.1 Å². The second kappa shape index (κ2) is 7.50. The zero-order chi connectivity index (χ0) is 19.8. The number of hydrogen-bond donors (Lipinski definition) is 2. The first-order valence-corrected chi connectivity index (χ1v) is 10.0. The van der Waals surface area contributed by atoms with Gasteiger partial charge in [0.25, 0.3) is 5.91 Å². The molecular weight excluding hydrogens is 354 g/mol. The van der Waals surface area contributed by atoms with Gasteiger partial charge in [-0.2, -0.15) is 5.10 Å². The van der Waals surface area contributed by atoms with Gasteiger partial charge in [-0.3, -0.25) is 9.48 Å². The lowest BCUT2D eigenvalue weighted by Crippen LogP contribution is -2.33. The monoisotopic (exact) mass is 383 g/mol. The molecule has 1 atom stereocenters. The van der Waals surface area contributed by atoms with Gasteiger partial charge in [0.05, 0.1) is 11.4 Å². The topological polar surface area (TPSA) is 88.0 Å². The van der Waals surface area contributed by atoms with Crippen molar-refractivity contribution < 1.29 is 4.79 Å². The second-order valence-electron chi connectivity index (χ2n) is 7.93. The molecule has 4 rings (SSSR count). The van der Waals surface area contributed by atoms with Crippen molar-refractivity contribution in [2.75, 3.05) is 25.0 Å². The van der Waals surface area contributed by atoms with Crippen LogP contribution in [0.4, 0.5) is 5.82 Å².